The molecule has 5 heteroatoms. The number of anilines is 1. The van der Waals surface area contributed by atoms with E-state index in [4.69, 9.17) is 5.73 Å². The number of rotatable bonds is 2. The first-order valence-electron chi connectivity index (χ1n) is 6.27. The fraction of sp³-hybridized carbons (Fsp3) is 0. The van der Waals surface area contributed by atoms with Gasteiger partial charge in [-0.15, -0.1) is 0 Å². The number of nitrogens with two attached hydrogens (primary N) is 1. The van der Waals surface area contributed by atoms with Crippen LogP contribution in [0.5, 0.6) is 0 Å². The number of hydrogen-bond donors (Lipinski definition) is 1. The van der Waals surface area contributed by atoms with Crippen LogP contribution in [-0.4, -0.2) is 9.97 Å². The van der Waals surface area contributed by atoms with Crippen LogP contribution in [0.15, 0.2) is 63.8 Å². The van der Waals surface area contributed by atoms with Crippen molar-refractivity contribution in [3.8, 4) is 22.5 Å². The zero-order valence-corrected chi connectivity index (χ0v) is 14.1. The molecule has 0 amide bonds. The van der Waals surface area contributed by atoms with Crippen LogP contribution in [0, 0.1) is 0 Å². The van der Waals surface area contributed by atoms with E-state index in [-0.39, 0.29) is 0 Å². The Morgan fingerprint density at radius 2 is 1.57 bits per heavy atom. The van der Waals surface area contributed by atoms with Gasteiger partial charge in [0.1, 0.15) is 0 Å². The lowest BCUT2D eigenvalue weighted by Crippen LogP contribution is -1.93. The van der Waals surface area contributed by atoms with Gasteiger partial charge in [-0.2, -0.15) is 0 Å². The molecule has 3 nitrogen and oxygen atoms in total. The highest BCUT2D eigenvalue weighted by atomic mass is 79.9. The molecule has 0 atom stereocenters. The van der Waals surface area contributed by atoms with Gasteiger partial charge in [-0.3, -0.25) is 9.97 Å². The fourth-order valence-corrected chi connectivity index (χ4v) is 2.96. The van der Waals surface area contributed by atoms with Crippen molar-refractivity contribution in [2.45, 2.75) is 0 Å². The van der Waals surface area contributed by atoms with Crippen molar-refractivity contribution in [1.82, 2.24) is 9.97 Å². The molecule has 0 unspecified atom stereocenters. The summed E-state index contributed by atoms with van der Waals surface area (Å²) in [6, 6.07) is 13.5. The quantitative estimate of drug-likeness (QED) is 0.616. The average Bonchev–Trinajstić information content (AvgIpc) is 2.48. The lowest BCUT2D eigenvalue weighted by Gasteiger charge is -2.11. The number of nitrogen functional groups attached to an aromatic ring is 1. The minimum atomic E-state index is 0.737. The van der Waals surface area contributed by atoms with Crippen LogP contribution < -0.4 is 5.73 Å². The van der Waals surface area contributed by atoms with E-state index in [1.165, 1.54) is 0 Å². The van der Waals surface area contributed by atoms with Crippen LogP contribution in [0.2, 0.25) is 0 Å². The Morgan fingerprint density at radius 1 is 0.857 bits per heavy atom. The van der Waals surface area contributed by atoms with E-state index in [9.17, 15) is 0 Å². The fourth-order valence-electron chi connectivity index (χ4n) is 2.09. The minimum Gasteiger partial charge on any atom is -0.399 e. The summed E-state index contributed by atoms with van der Waals surface area (Å²) < 4.78 is 1.94. The van der Waals surface area contributed by atoms with Gasteiger partial charge >= 0.3 is 0 Å². The van der Waals surface area contributed by atoms with E-state index < -0.39 is 0 Å². The van der Waals surface area contributed by atoms with E-state index in [0.717, 1.165) is 37.1 Å². The van der Waals surface area contributed by atoms with E-state index in [2.05, 4.69) is 41.8 Å². The average molecular weight is 405 g/mol. The van der Waals surface area contributed by atoms with Gasteiger partial charge in [0.2, 0.25) is 0 Å². The summed E-state index contributed by atoms with van der Waals surface area (Å²) in [5, 5.41) is 0. The third-order valence-corrected chi connectivity index (χ3v) is 4.22. The first-order valence-corrected chi connectivity index (χ1v) is 7.86. The Morgan fingerprint density at radius 3 is 2.29 bits per heavy atom. The van der Waals surface area contributed by atoms with E-state index in [0.29, 0.717) is 0 Å². The van der Waals surface area contributed by atoms with Crippen LogP contribution >= 0.6 is 31.9 Å². The van der Waals surface area contributed by atoms with Gasteiger partial charge in [0.15, 0.2) is 0 Å². The second-order valence-corrected chi connectivity index (χ2v) is 6.27. The normalized spacial score (nSPS) is 10.6. The second kappa shape index (κ2) is 5.95. The van der Waals surface area contributed by atoms with Gasteiger partial charge < -0.3 is 5.73 Å². The Balaban J connectivity index is 2.23. The van der Waals surface area contributed by atoms with Crippen molar-refractivity contribution in [2.24, 2.45) is 0 Å². The highest BCUT2D eigenvalue weighted by Crippen LogP contribution is 2.36. The predicted octanol–water partition coefficient (Wildman–Crippen LogP) is 4.92. The highest BCUT2D eigenvalue weighted by molar-refractivity contribution is 9.10. The van der Waals surface area contributed by atoms with Crippen molar-refractivity contribution < 1.29 is 0 Å². The lowest BCUT2D eigenvalue weighted by atomic mass is 10.0. The summed E-state index contributed by atoms with van der Waals surface area (Å²) in [7, 11) is 0. The molecule has 3 aromatic rings. The van der Waals surface area contributed by atoms with Gasteiger partial charge in [-0.25, -0.2) is 0 Å². The van der Waals surface area contributed by atoms with Crippen molar-refractivity contribution >= 4 is 37.5 Å². The highest BCUT2D eigenvalue weighted by Gasteiger charge is 2.13. The van der Waals surface area contributed by atoms with Crippen molar-refractivity contribution in [2.75, 3.05) is 5.73 Å². The molecule has 3 rings (SSSR count). The molecule has 2 N–H and O–H groups in total. The van der Waals surface area contributed by atoms with Gasteiger partial charge in [-0.1, -0.05) is 44.0 Å². The van der Waals surface area contributed by atoms with Crippen LogP contribution in [0.3, 0.4) is 0 Å². The summed E-state index contributed by atoms with van der Waals surface area (Å²) >= 11 is 7.08. The molecule has 0 aliphatic carbocycles. The molecule has 0 saturated carbocycles. The van der Waals surface area contributed by atoms with Crippen molar-refractivity contribution in [1.29, 1.82) is 0 Å². The van der Waals surface area contributed by atoms with Gasteiger partial charge in [0.05, 0.1) is 11.4 Å². The molecule has 104 valence electrons. The maximum Gasteiger partial charge on any atom is 0.0976 e. The summed E-state index contributed by atoms with van der Waals surface area (Å²) in [5.74, 6) is 0. The Hall–Kier alpha value is -1.72. The number of pyridine rings is 2. The molecule has 0 aliphatic rings. The van der Waals surface area contributed by atoms with E-state index in [1.54, 1.807) is 12.4 Å². The molecule has 0 fully saturated rings. The number of aromatic nitrogens is 2. The summed E-state index contributed by atoms with van der Waals surface area (Å²) in [6.45, 7) is 0. The third kappa shape index (κ3) is 2.99. The molecule has 21 heavy (non-hydrogen) atoms. The molecule has 0 aliphatic heterocycles. The van der Waals surface area contributed by atoms with Crippen LogP contribution in [0.25, 0.3) is 22.5 Å². The molecular formula is C16H11Br2N3. The van der Waals surface area contributed by atoms with Crippen LogP contribution in [0.1, 0.15) is 0 Å². The van der Waals surface area contributed by atoms with Crippen LogP contribution in [0.4, 0.5) is 5.69 Å². The Labute approximate surface area is 139 Å². The van der Waals surface area contributed by atoms with E-state index >= 15 is 0 Å². The first-order chi connectivity index (χ1) is 10.1. The molecule has 0 saturated heterocycles. The molecule has 2 heterocycles. The molecule has 0 radical (unpaired) electrons. The third-order valence-electron chi connectivity index (χ3n) is 3.06. The molecule has 1 aromatic carbocycles. The monoisotopic (exact) mass is 403 g/mol. The minimum absolute atomic E-state index is 0.737. The van der Waals surface area contributed by atoms with Crippen LogP contribution in [-0.2, 0) is 0 Å². The number of hydrogen-bond acceptors (Lipinski definition) is 3. The first kappa shape index (κ1) is 14.2. The molecule has 0 bridgehead atoms. The standard InChI is InChI=1S/C16H11Br2N3/c17-11-5-7-20-14(9-11)16-15(13(18)6-8-21-16)10-1-3-12(19)4-2-10/h1-9H,19H2. The molecule has 0 spiro atoms. The number of nitrogens with zero attached hydrogens (tertiary/aromatic N) is 2. The maximum atomic E-state index is 5.77. The Bertz CT molecular complexity index is 786. The number of halogens is 2. The summed E-state index contributed by atoms with van der Waals surface area (Å²) in [5.41, 5.74) is 10.2. The summed E-state index contributed by atoms with van der Waals surface area (Å²) in [4.78, 5) is 8.92. The predicted molar refractivity (Wildman–Crippen MR) is 92.7 cm³/mol. The van der Waals surface area contributed by atoms with Crippen molar-refractivity contribution in [3.05, 3.63) is 63.8 Å². The van der Waals surface area contributed by atoms with Gasteiger partial charge in [-0.05, 0) is 35.9 Å². The zero-order valence-electron chi connectivity index (χ0n) is 10.9. The lowest BCUT2D eigenvalue weighted by molar-refractivity contribution is 1.24. The largest absolute Gasteiger partial charge is 0.399 e. The SMILES string of the molecule is Nc1ccc(-c2c(Br)ccnc2-c2cc(Br)ccn2)cc1. The molecule has 2 aromatic heterocycles. The molecular weight excluding hydrogens is 394 g/mol. The smallest absolute Gasteiger partial charge is 0.0976 e. The zero-order chi connectivity index (χ0) is 14.8. The maximum absolute atomic E-state index is 5.77. The second-order valence-electron chi connectivity index (χ2n) is 4.50. The summed E-state index contributed by atoms with van der Waals surface area (Å²) in [6.07, 6.45) is 3.53. The number of benzene rings is 1. The van der Waals surface area contributed by atoms with E-state index in [1.807, 2.05) is 42.5 Å². The van der Waals surface area contributed by atoms with Gasteiger partial charge in [0, 0.05) is 32.6 Å². The van der Waals surface area contributed by atoms with Gasteiger partial charge in [0.25, 0.3) is 0 Å². The topological polar surface area (TPSA) is 51.8 Å². The Kier molecular flexibility index (Phi) is 4.03. The van der Waals surface area contributed by atoms with Crippen molar-refractivity contribution in [3.63, 3.8) is 0 Å².